The van der Waals surface area contributed by atoms with Crippen molar-refractivity contribution in [3.05, 3.63) is 40.6 Å². The molecule has 19 heavy (non-hydrogen) atoms. The highest BCUT2D eigenvalue weighted by Crippen LogP contribution is 2.31. The fourth-order valence-corrected chi connectivity index (χ4v) is 1.93. The van der Waals surface area contributed by atoms with Gasteiger partial charge in [0.05, 0.1) is 4.92 Å². The van der Waals surface area contributed by atoms with Gasteiger partial charge in [0.15, 0.2) is 0 Å². The first-order valence-electron chi connectivity index (χ1n) is 5.20. The third-order valence-corrected chi connectivity index (χ3v) is 2.84. The van der Waals surface area contributed by atoms with Crippen LogP contribution in [0.4, 0.5) is 10.7 Å². The summed E-state index contributed by atoms with van der Waals surface area (Å²) in [6.45, 7) is 1.40. The number of ether oxygens (including phenoxy) is 1. The number of aromatic nitrogens is 1. The molecule has 2 aromatic rings. The second kappa shape index (κ2) is 5.44. The summed E-state index contributed by atoms with van der Waals surface area (Å²) < 4.78 is 5.38. The quantitative estimate of drug-likeness (QED) is 0.686. The van der Waals surface area contributed by atoms with E-state index in [1.807, 2.05) is 0 Å². The molecular formula is C11H9N3O4S. The standard InChI is InChI=1S/C11H9N3O4S/c1-7(15)13-8-3-2-4-9(5-8)18-11-12-6-10(19-11)14(16)17/h2-6H,1H3,(H,13,15). The molecule has 8 heteroatoms. The number of hydrogen-bond acceptors (Lipinski definition) is 6. The van der Waals surface area contributed by atoms with Gasteiger partial charge < -0.3 is 10.1 Å². The van der Waals surface area contributed by atoms with E-state index in [1.54, 1.807) is 24.3 Å². The number of hydrogen-bond donors (Lipinski definition) is 1. The second-order valence-corrected chi connectivity index (χ2v) is 4.50. The smallest absolute Gasteiger partial charge is 0.347 e. The van der Waals surface area contributed by atoms with Gasteiger partial charge in [0.25, 0.3) is 5.19 Å². The summed E-state index contributed by atoms with van der Waals surface area (Å²) >= 11 is 0.836. The van der Waals surface area contributed by atoms with Crippen molar-refractivity contribution < 1.29 is 14.5 Å². The highest BCUT2D eigenvalue weighted by molar-refractivity contribution is 7.16. The van der Waals surface area contributed by atoms with Crippen LogP contribution in [0, 0.1) is 10.1 Å². The molecule has 0 radical (unpaired) electrons. The average molecular weight is 279 g/mol. The van der Waals surface area contributed by atoms with Gasteiger partial charge in [0.2, 0.25) is 5.91 Å². The Hall–Kier alpha value is -2.48. The molecule has 0 atom stereocenters. The monoisotopic (exact) mass is 279 g/mol. The van der Waals surface area contributed by atoms with Gasteiger partial charge >= 0.3 is 5.00 Å². The van der Waals surface area contributed by atoms with Crippen LogP contribution in [0.25, 0.3) is 0 Å². The van der Waals surface area contributed by atoms with Gasteiger partial charge in [-0.3, -0.25) is 14.9 Å². The van der Waals surface area contributed by atoms with E-state index in [-0.39, 0.29) is 16.1 Å². The fraction of sp³-hybridized carbons (Fsp3) is 0.0909. The molecule has 0 unspecified atom stereocenters. The van der Waals surface area contributed by atoms with Crippen LogP contribution in [0.3, 0.4) is 0 Å². The Balaban J connectivity index is 2.13. The van der Waals surface area contributed by atoms with Gasteiger partial charge in [-0.1, -0.05) is 6.07 Å². The number of nitrogens with one attached hydrogen (secondary N) is 1. The number of rotatable bonds is 4. The van der Waals surface area contributed by atoms with Crippen LogP contribution in [0.1, 0.15) is 6.92 Å². The molecule has 0 aliphatic rings. The number of nitrogens with zero attached hydrogens (tertiary/aromatic N) is 2. The zero-order chi connectivity index (χ0) is 13.8. The van der Waals surface area contributed by atoms with Crippen LogP contribution in [0.5, 0.6) is 10.9 Å². The molecule has 1 aromatic heterocycles. The van der Waals surface area contributed by atoms with Crippen LogP contribution in [0.15, 0.2) is 30.5 Å². The highest BCUT2D eigenvalue weighted by Gasteiger charge is 2.13. The molecule has 0 spiro atoms. The topological polar surface area (TPSA) is 94.4 Å². The third kappa shape index (κ3) is 3.49. The molecule has 0 fully saturated rings. The van der Waals surface area contributed by atoms with Crippen molar-refractivity contribution >= 4 is 27.9 Å². The number of carbonyl (C=O) groups excluding carboxylic acids is 1. The molecule has 0 bridgehead atoms. The van der Waals surface area contributed by atoms with Gasteiger partial charge in [0, 0.05) is 18.7 Å². The minimum Gasteiger partial charge on any atom is -0.431 e. The molecule has 1 amide bonds. The van der Waals surface area contributed by atoms with Crippen molar-refractivity contribution in [1.82, 2.24) is 4.98 Å². The maximum absolute atomic E-state index is 10.9. The van der Waals surface area contributed by atoms with Crippen molar-refractivity contribution in [2.24, 2.45) is 0 Å². The Morgan fingerprint density at radius 1 is 1.53 bits per heavy atom. The van der Waals surface area contributed by atoms with Crippen LogP contribution in [0.2, 0.25) is 0 Å². The number of benzene rings is 1. The minimum absolute atomic E-state index is 0.0898. The van der Waals surface area contributed by atoms with Crippen LogP contribution in [-0.4, -0.2) is 15.8 Å². The molecule has 0 aliphatic carbocycles. The molecule has 98 valence electrons. The van der Waals surface area contributed by atoms with Crippen molar-refractivity contribution in [1.29, 1.82) is 0 Å². The average Bonchev–Trinajstić information content (AvgIpc) is 2.77. The zero-order valence-electron chi connectivity index (χ0n) is 9.82. The fourth-order valence-electron chi connectivity index (χ4n) is 1.32. The highest BCUT2D eigenvalue weighted by atomic mass is 32.1. The molecule has 0 saturated carbocycles. The molecule has 7 nitrogen and oxygen atoms in total. The van der Waals surface area contributed by atoms with E-state index in [2.05, 4.69) is 10.3 Å². The molecular weight excluding hydrogens is 270 g/mol. The van der Waals surface area contributed by atoms with E-state index < -0.39 is 4.92 Å². The van der Waals surface area contributed by atoms with Gasteiger partial charge in [-0.2, -0.15) is 0 Å². The Morgan fingerprint density at radius 2 is 2.32 bits per heavy atom. The maximum atomic E-state index is 10.9. The van der Waals surface area contributed by atoms with E-state index in [9.17, 15) is 14.9 Å². The normalized spacial score (nSPS) is 9.95. The second-order valence-electron chi connectivity index (χ2n) is 3.53. The predicted octanol–water partition coefficient (Wildman–Crippen LogP) is 2.80. The lowest BCUT2D eigenvalue weighted by atomic mass is 10.3. The number of thiazole rings is 1. The summed E-state index contributed by atoms with van der Waals surface area (Å²) in [5.74, 6) is 0.248. The summed E-state index contributed by atoms with van der Waals surface area (Å²) in [7, 11) is 0. The van der Waals surface area contributed by atoms with Crippen LogP contribution in [-0.2, 0) is 4.79 Å². The van der Waals surface area contributed by atoms with E-state index in [0.717, 1.165) is 17.5 Å². The molecule has 1 N–H and O–H groups in total. The SMILES string of the molecule is CC(=O)Nc1cccc(Oc2ncc([N+](=O)[O-])s2)c1. The molecule has 0 aliphatic heterocycles. The molecule has 1 aromatic carbocycles. The van der Waals surface area contributed by atoms with Crippen molar-refractivity contribution in [3.8, 4) is 10.9 Å². The molecule has 0 saturated heterocycles. The maximum Gasteiger partial charge on any atom is 0.347 e. The summed E-state index contributed by atoms with van der Waals surface area (Å²) in [6.07, 6.45) is 1.14. The summed E-state index contributed by atoms with van der Waals surface area (Å²) in [6, 6.07) is 6.67. The first-order valence-corrected chi connectivity index (χ1v) is 6.02. The predicted molar refractivity (Wildman–Crippen MR) is 69.6 cm³/mol. The Labute approximate surface area is 112 Å². The first-order chi connectivity index (χ1) is 9.04. The minimum atomic E-state index is -0.530. The van der Waals surface area contributed by atoms with Gasteiger partial charge in [-0.05, 0) is 23.5 Å². The third-order valence-electron chi connectivity index (χ3n) is 2.01. The lowest BCUT2D eigenvalue weighted by molar-refractivity contribution is -0.380. The lowest BCUT2D eigenvalue weighted by Crippen LogP contribution is -2.05. The van der Waals surface area contributed by atoms with Gasteiger partial charge in [0.1, 0.15) is 11.9 Å². The zero-order valence-corrected chi connectivity index (χ0v) is 10.6. The number of nitro groups is 1. The van der Waals surface area contributed by atoms with Crippen LogP contribution >= 0.6 is 11.3 Å². The summed E-state index contributed by atoms with van der Waals surface area (Å²) in [5, 5.41) is 13.2. The molecule has 2 rings (SSSR count). The van der Waals surface area contributed by atoms with Crippen molar-refractivity contribution in [3.63, 3.8) is 0 Å². The Morgan fingerprint density at radius 3 is 2.95 bits per heavy atom. The summed E-state index contributed by atoms with van der Waals surface area (Å²) in [5.41, 5.74) is 0.580. The molecule has 1 heterocycles. The van der Waals surface area contributed by atoms with Crippen LogP contribution < -0.4 is 10.1 Å². The van der Waals surface area contributed by atoms with Crippen molar-refractivity contribution in [2.45, 2.75) is 6.92 Å². The number of anilines is 1. The van der Waals surface area contributed by atoms with E-state index in [4.69, 9.17) is 4.74 Å². The van der Waals surface area contributed by atoms with E-state index in [1.165, 1.54) is 6.92 Å². The first kappa shape index (κ1) is 13.0. The van der Waals surface area contributed by atoms with E-state index >= 15 is 0 Å². The largest absolute Gasteiger partial charge is 0.431 e. The Kier molecular flexibility index (Phi) is 3.71. The van der Waals surface area contributed by atoms with Gasteiger partial charge in [-0.25, -0.2) is 4.98 Å². The van der Waals surface area contributed by atoms with Crippen molar-refractivity contribution in [2.75, 3.05) is 5.32 Å². The van der Waals surface area contributed by atoms with E-state index in [0.29, 0.717) is 11.4 Å². The number of carbonyl (C=O) groups is 1. The summed E-state index contributed by atoms with van der Waals surface area (Å²) in [4.78, 5) is 24.7. The number of amides is 1. The Bertz CT molecular complexity index is 626. The lowest BCUT2D eigenvalue weighted by Gasteiger charge is -2.05. The van der Waals surface area contributed by atoms with Gasteiger partial charge in [-0.15, -0.1) is 0 Å².